The highest BCUT2D eigenvalue weighted by Crippen LogP contribution is 2.40. The third-order valence-electron chi connectivity index (χ3n) is 4.26. The molecule has 0 aliphatic heterocycles. The van der Waals surface area contributed by atoms with Crippen LogP contribution in [0.2, 0.25) is 0 Å². The summed E-state index contributed by atoms with van der Waals surface area (Å²) >= 11 is 0. The zero-order chi connectivity index (χ0) is 30.4. The van der Waals surface area contributed by atoms with Gasteiger partial charge in [-0.3, -0.25) is 4.90 Å². The molecule has 0 saturated heterocycles. The lowest BCUT2D eigenvalue weighted by Gasteiger charge is -2.36. The quantitative estimate of drug-likeness (QED) is 0.591. The fourth-order valence-corrected chi connectivity index (χ4v) is 2.92. The van der Waals surface area contributed by atoms with E-state index in [0.29, 0.717) is 12.8 Å². The van der Waals surface area contributed by atoms with Crippen LogP contribution in [0.25, 0.3) is 0 Å². The third kappa shape index (κ3) is 5.09. The highest BCUT2D eigenvalue weighted by Gasteiger charge is 2.46. The van der Waals surface area contributed by atoms with Crippen molar-refractivity contribution in [2.75, 3.05) is 26.0 Å². The molecule has 142 valence electrons. The van der Waals surface area contributed by atoms with Gasteiger partial charge in [-0.2, -0.15) is 0 Å². The Kier molecular flexibility index (Phi) is 3.55. The Balaban J connectivity index is 2.60. The van der Waals surface area contributed by atoms with E-state index in [1.54, 1.807) is 11.8 Å². The van der Waals surface area contributed by atoms with Crippen LogP contribution in [-0.2, 0) is 15.1 Å². The van der Waals surface area contributed by atoms with Gasteiger partial charge in [0.05, 0.1) is 18.8 Å². The molecular weight excluding hydrogens is 326 g/mol. The first-order chi connectivity index (χ1) is 17.5. The standard InChI is InChI=1S/C22H31NO3/c1-3-23(4-2)17-11-12-18-26-21(24)22(25,19-13-7-5-8-14-19)20-15-9-6-10-16-20/h5,7-8,13-14,20,25H,3-4,6,9-10,15-18H2,1-2H3/i3D2,4D2,5D,7D,8D,13D,14D,17D2,18D2. The van der Waals surface area contributed by atoms with Crippen molar-refractivity contribution in [3.8, 4) is 11.8 Å². The van der Waals surface area contributed by atoms with Gasteiger partial charge in [-0.05, 0) is 31.4 Å². The number of rotatable bonds is 7. The van der Waals surface area contributed by atoms with E-state index in [2.05, 4.69) is 0 Å². The molecule has 1 aromatic rings. The first kappa shape index (κ1) is 8.91. The van der Waals surface area contributed by atoms with Crippen LogP contribution in [0.15, 0.2) is 30.2 Å². The Morgan fingerprint density at radius 2 is 1.92 bits per heavy atom. The Labute approximate surface area is 175 Å². The highest BCUT2D eigenvalue weighted by molar-refractivity contribution is 5.81. The molecule has 1 N–H and O–H groups in total. The number of benzene rings is 1. The summed E-state index contributed by atoms with van der Waals surface area (Å²) in [7, 11) is 0. The monoisotopic (exact) mass is 370 g/mol. The Morgan fingerprint density at radius 1 is 1.27 bits per heavy atom. The first-order valence-corrected chi connectivity index (χ1v) is 8.36. The second-order valence-electron chi connectivity index (χ2n) is 5.74. The van der Waals surface area contributed by atoms with Gasteiger partial charge >= 0.3 is 5.97 Å². The molecule has 4 heteroatoms. The molecule has 1 aliphatic rings. The summed E-state index contributed by atoms with van der Waals surface area (Å²) in [6.07, 6.45) is 2.25. The van der Waals surface area contributed by atoms with E-state index in [9.17, 15) is 9.90 Å². The highest BCUT2D eigenvalue weighted by atomic mass is 16.5. The molecule has 1 unspecified atom stereocenters. The maximum Gasteiger partial charge on any atom is 0.344 e. The summed E-state index contributed by atoms with van der Waals surface area (Å²) in [4.78, 5) is 13.6. The minimum absolute atomic E-state index is 0.128. The maximum atomic E-state index is 13.4. The van der Waals surface area contributed by atoms with Crippen molar-refractivity contribution in [3.05, 3.63) is 35.8 Å². The Hall–Kier alpha value is -1.83. The SMILES string of the molecule is [2H]c1c([2H])c([2H])c(C(O)(C(=O)OC([2H])([2H])C#CC([2H])([2H])N(C([2H])([2H])C)C([2H])([2H])C)C2CCCCC2)c([2H])c1[2H]. The lowest BCUT2D eigenvalue weighted by Crippen LogP contribution is -2.45. The van der Waals surface area contributed by atoms with Crippen LogP contribution in [0.4, 0.5) is 0 Å². The van der Waals surface area contributed by atoms with Crippen LogP contribution in [0, 0.1) is 17.8 Å². The van der Waals surface area contributed by atoms with Crippen LogP contribution in [0.5, 0.6) is 0 Å². The summed E-state index contributed by atoms with van der Waals surface area (Å²) in [6, 6.07) is -4.11. The summed E-state index contributed by atoms with van der Waals surface area (Å²) < 4.78 is 108. The van der Waals surface area contributed by atoms with Crippen LogP contribution < -0.4 is 0 Å². The summed E-state index contributed by atoms with van der Waals surface area (Å²) in [5, 5.41) is 11.7. The number of carbonyl (C=O) groups excluding carboxylic acids is 1. The van der Waals surface area contributed by atoms with Crippen molar-refractivity contribution in [1.82, 2.24) is 4.90 Å². The third-order valence-corrected chi connectivity index (χ3v) is 4.26. The molecule has 2 rings (SSSR count). The van der Waals surface area contributed by atoms with E-state index < -0.39 is 79.3 Å². The number of aliphatic hydroxyl groups is 1. The van der Waals surface area contributed by atoms with Gasteiger partial charge in [-0.1, -0.05) is 75.2 Å². The van der Waals surface area contributed by atoms with E-state index in [0.717, 1.165) is 20.3 Å². The molecule has 0 bridgehead atoms. The predicted molar refractivity (Wildman–Crippen MR) is 103 cm³/mol. The normalized spacial score (nSPS) is 26.7. The maximum absolute atomic E-state index is 13.4. The average molecular weight is 371 g/mol. The average Bonchev–Trinajstić information content (AvgIpc) is 2.78. The van der Waals surface area contributed by atoms with Crippen molar-refractivity contribution in [2.24, 2.45) is 5.92 Å². The van der Waals surface area contributed by atoms with Crippen LogP contribution in [0.3, 0.4) is 0 Å². The summed E-state index contributed by atoms with van der Waals surface area (Å²) in [5.41, 5.74) is -3.63. The number of nitrogens with zero attached hydrogens (tertiary/aromatic N) is 1. The van der Waals surface area contributed by atoms with E-state index >= 15 is 0 Å². The molecule has 1 saturated carbocycles. The minimum Gasteiger partial charge on any atom is -0.450 e. The fourth-order valence-electron chi connectivity index (χ4n) is 2.92. The van der Waals surface area contributed by atoms with Crippen LogP contribution >= 0.6 is 0 Å². The van der Waals surface area contributed by atoms with Gasteiger partial charge < -0.3 is 9.84 Å². The van der Waals surface area contributed by atoms with Crippen LogP contribution in [0.1, 0.15) is 69.3 Å². The van der Waals surface area contributed by atoms with Gasteiger partial charge in [-0.15, -0.1) is 0 Å². The fraction of sp³-hybridized carbons (Fsp3) is 0.591. The van der Waals surface area contributed by atoms with E-state index in [4.69, 9.17) is 22.6 Å². The molecule has 0 aromatic heterocycles. The topological polar surface area (TPSA) is 49.8 Å². The van der Waals surface area contributed by atoms with E-state index in [1.807, 2.05) is 0 Å². The molecular formula is C22H31NO3. The molecule has 26 heavy (non-hydrogen) atoms. The molecule has 1 aliphatic carbocycles. The Morgan fingerprint density at radius 3 is 2.54 bits per heavy atom. The van der Waals surface area contributed by atoms with E-state index in [-0.39, 0.29) is 17.7 Å². The lowest BCUT2D eigenvalue weighted by molar-refractivity contribution is -0.174. The largest absolute Gasteiger partial charge is 0.450 e. The van der Waals surface area contributed by atoms with Gasteiger partial charge in [0.25, 0.3) is 0 Å². The number of carbonyl (C=O) groups is 1. The van der Waals surface area contributed by atoms with Crippen molar-refractivity contribution >= 4 is 5.97 Å². The predicted octanol–water partition coefficient (Wildman–Crippen LogP) is 3.34. The second-order valence-corrected chi connectivity index (χ2v) is 5.74. The van der Waals surface area contributed by atoms with Gasteiger partial charge in [-0.25, -0.2) is 4.79 Å². The molecule has 1 fully saturated rings. The van der Waals surface area contributed by atoms with Crippen LogP contribution in [-0.4, -0.2) is 42.0 Å². The van der Waals surface area contributed by atoms with Gasteiger partial charge in [0.15, 0.2) is 12.2 Å². The number of ether oxygens (including phenoxy) is 1. The van der Waals surface area contributed by atoms with Crippen molar-refractivity contribution in [3.63, 3.8) is 0 Å². The van der Waals surface area contributed by atoms with Crippen molar-refractivity contribution in [1.29, 1.82) is 0 Å². The lowest BCUT2D eigenvalue weighted by atomic mass is 9.73. The molecule has 1 atom stereocenters. The number of esters is 1. The van der Waals surface area contributed by atoms with Crippen molar-refractivity contribution in [2.45, 2.75) is 51.6 Å². The molecule has 0 radical (unpaired) electrons. The summed E-state index contributed by atoms with van der Waals surface area (Å²) in [6.45, 7) is -9.81. The molecule has 1 aromatic carbocycles. The van der Waals surface area contributed by atoms with Gasteiger partial charge in [0.1, 0.15) is 0 Å². The number of hydrogen-bond acceptors (Lipinski definition) is 4. The molecule has 0 spiro atoms. The van der Waals surface area contributed by atoms with Gasteiger partial charge in [0, 0.05) is 11.4 Å². The zero-order valence-corrected chi connectivity index (χ0v) is 14.8. The molecule has 0 amide bonds. The molecule has 4 nitrogen and oxygen atoms in total. The molecule has 0 heterocycles. The Bertz CT molecular complexity index is 1120. The first-order valence-electron chi connectivity index (χ1n) is 14.9. The summed E-state index contributed by atoms with van der Waals surface area (Å²) in [5.74, 6) is 0.811. The second kappa shape index (κ2) is 10.4. The van der Waals surface area contributed by atoms with Crippen molar-refractivity contribution < 1.29 is 32.5 Å². The van der Waals surface area contributed by atoms with E-state index in [1.165, 1.54) is 0 Å². The number of hydrogen-bond donors (Lipinski definition) is 1. The smallest absolute Gasteiger partial charge is 0.344 e. The van der Waals surface area contributed by atoms with Gasteiger partial charge in [0.2, 0.25) is 0 Å². The zero-order valence-electron chi connectivity index (χ0n) is 27.8. The minimum atomic E-state index is -3.31.